The Kier molecular flexibility index (Phi) is 5.34. The molecule has 1 aromatic carbocycles. The molecule has 0 atom stereocenters. The highest BCUT2D eigenvalue weighted by Gasteiger charge is 2.13. The quantitative estimate of drug-likeness (QED) is 0.890. The number of nitrogens with one attached hydrogen (secondary N) is 1. The van der Waals surface area contributed by atoms with E-state index in [9.17, 15) is 4.79 Å². The van der Waals surface area contributed by atoms with E-state index in [2.05, 4.69) is 31.1 Å². The standard InChI is InChI=1S/C18H22N2O3/c1-18(2,3)13-4-6-14(7-5-13)20-17(22)12-23-16-9-8-15(11-21)19-10-16/h4-10,21H,11-12H2,1-3H3,(H,20,22). The summed E-state index contributed by atoms with van der Waals surface area (Å²) in [5.41, 5.74) is 2.59. The molecule has 122 valence electrons. The number of hydrogen-bond donors (Lipinski definition) is 2. The van der Waals surface area contributed by atoms with E-state index in [1.807, 2.05) is 24.3 Å². The molecule has 0 unspecified atom stereocenters. The second kappa shape index (κ2) is 7.24. The number of aliphatic hydroxyl groups excluding tert-OH is 1. The minimum atomic E-state index is -0.236. The lowest BCUT2D eigenvalue weighted by molar-refractivity contribution is -0.118. The van der Waals surface area contributed by atoms with E-state index < -0.39 is 0 Å². The van der Waals surface area contributed by atoms with Gasteiger partial charge in [0.05, 0.1) is 18.5 Å². The number of aliphatic hydroxyl groups is 1. The van der Waals surface area contributed by atoms with Gasteiger partial charge in [-0.3, -0.25) is 9.78 Å². The van der Waals surface area contributed by atoms with Crippen molar-refractivity contribution >= 4 is 11.6 Å². The molecule has 0 saturated heterocycles. The van der Waals surface area contributed by atoms with Crippen molar-refractivity contribution in [1.29, 1.82) is 0 Å². The molecule has 0 aliphatic rings. The van der Waals surface area contributed by atoms with E-state index in [0.29, 0.717) is 11.4 Å². The summed E-state index contributed by atoms with van der Waals surface area (Å²) in [6.07, 6.45) is 1.48. The number of ether oxygens (including phenoxy) is 1. The molecule has 5 nitrogen and oxygen atoms in total. The monoisotopic (exact) mass is 314 g/mol. The molecule has 0 spiro atoms. The topological polar surface area (TPSA) is 71.5 Å². The number of aromatic nitrogens is 1. The normalized spacial score (nSPS) is 11.1. The van der Waals surface area contributed by atoms with Crippen LogP contribution in [0, 0.1) is 0 Å². The number of benzene rings is 1. The predicted octanol–water partition coefficient (Wildman–Crippen LogP) is 2.89. The van der Waals surface area contributed by atoms with Crippen LogP contribution in [0.15, 0.2) is 42.6 Å². The molecule has 2 N–H and O–H groups in total. The molecule has 0 saturated carbocycles. The van der Waals surface area contributed by atoms with Crippen LogP contribution in [0.1, 0.15) is 32.0 Å². The Labute approximate surface area is 136 Å². The number of anilines is 1. The summed E-state index contributed by atoms with van der Waals surface area (Å²) in [5, 5.41) is 11.7. The zero-order valence-electron chi connectivity index (χ0n) is 13.7. The van der Waals surface area contributed by atoms with E-state index in [-0.39, 0.29) is 24.5 Å². The molecule has 0 bridgehead atoms. The van der Waals surface area contributed by atoms with Crippen molar-refractivity contribution in [1.82, 2.24) is 4.98 Å². The first-order valence-electron chi connectivity index (χ1n) is 7.47. The average Bonchev–Trinajstić information content (AvgIpc) is 2.53. The van der Waals surface area contributed by atoms with Crippen molar-refractivity contribution in [3.63, 3.8) is 0 Å². The van der Waals surface area contributed by atoms with Crippen molar-refractivity contribution in [3.05, 3.63) is 53.9 Å². The van der Waals surface area contributed by atoms with Crippen LogP contribution in [0.2, 0.25) is 0 Å². The van der Waals surface area contributed by atoms with Crippen LogP contribution in [0.25, 0.3) is 0 Å². The van der Waals surface area contributed by atoms with Crippen LogP contribution in [0.3, 0.4) is 0 Å². The van der Waals surface area contributed by atoms with Gasteiger partial charge in [-0.15, -0.1) is 0 Å². The summed E-state index contributed by atoms with van der Waals surface area (Å²) < 4.78 is 5.36. The van der Waals surface area contributed by atoms with Crippen LogP contribution in [0.5, 0.6) is 5.75 Å². The van der Waals surface area contributed by atoms with E-state index in [0.717, 1.165) is 5.69 Å². The van der Waals surface area contributed by atoms with Crippen molar-refractivity contribution < 1.29 is 14.6 Å². The maximum atomic E-state index is 11.9. The Hall–Kier alpha value is -2.40. The fourth-order valence-electron chi connectivity index (χ4n) is 1.99. The fraction of sp³-hybridized carbons (Fsp3) is 0.333. The van der Waals surface area contributed by atoms with E-state index in [1.165, 1.54) is 11.8 Å². The molecular formula is C18H22N2O3. The van der Waals surface area contributed by atoms with E-state index in [4.69, 9.17) is 9.84 Å². The van der Waals surface area contributed by atoms with Gasteiger partial charge in [0, 0.05) is 5.69 Å². The highest BCUT2D eigenvalue weighted by Crippen LogP contribution is 2.23. The number of carbonyl (C=O) groups is 1. The van der Waals surface area contributed by atoms with Gasteiger partial charge >= 0.3 is 0 Å². The lowest BCUT2D eigenvalue weighted by Gasteiger charge is -2.19. The van der Waals surface area contributed by atoms with Crippen molar-refractivity contribution in [2.24, 2.45) is 0 Å². The smallest absolute Gasteiger partial charge is 0.262 e. The largest absolute Gasteiger partial charge is 0.482 e. The van der Waals surface area contributed by atoms with Gasteiger partial charge in [0.2, 0.25) is 0 Å². The highest BCUT2D eigenvalue weighted by atomic mass is 16.5. The maximum Gasteiger partial charge on any atom is 0.262 e. The van der Waals surface area contributed by atoms with Gasteiger partial charge in [-0.25, -0.2) is 0 Å². The Bertz CT molecular complexity index is 643. The zero-order chi connectivity index (χ0) is 16.9. The van der Waals surface area contributed by atoms with Crippen LogP contribution in [0.4, 0.5) is 5.69 Å². The van der Waals surface area contributed by atoms with E-state index in [1.54, 1.807) is 12.1 Å². The molecular weight excluding hydrogens is 292 g/mol. The van der Waals surface area contributed by atoms with Gasteiger partial charge in [-0.1, -0.05) is 32.9 Å². The summed E-state index contributed by atoms with van der Waals surface area (Å²) in [5.74, 6) is 0.250. The summed E-state index contributed by atoms with van der Waals surface area (Å²) in [4.78, 5) is 15.9. The Balaban J connectivity index is 1.86. The molecule has 0 fully saturated rings. The number of hydrogen-bond acceptors (Lipinski definition) is 4. The number of nitrogens with zero attached hydrogens (tertiary/aromatic N) is 1. The Morgan fingerprint density at radius 2 is 1.87 bits per heavy atom. The van der Waals surface area contributed by atoms with E-state index >= 15 is 0 Å². The highest BCUT2D eigenvalue weighted by molar-refractivity contribution is 5.91. The minimum Gasteiger partial charge on any atom is -0.482 e. The van der Waals surface area contributed by atoms with Crippen molar-refractivity contribution in [2.45, 2.75) is 32.8 Å². The first-order chi connectivity index (χ1) is 10.9. The average molecular weight is 314 g/mol. The lowest BCUT2D eigenvalue weighted by atomic mass is 9.87. The molecule has 1 amide bonds. The Morgan fingerprint density at radius 3 is 2.39 bits per heavy atom. The summed E-state index contributed by atoms with van der Waals surface area (Å²) in [6.45, 7) is 6.21. The first kappa shape index (κ1) is 17.0. The molecule has 0 aliphatic heterocycles. The molecule has 2 rings (SSSR count). The van der Waals surface area contributed by atoms with Crippen LogP contribution >= 0.6 is 0 Å². The molecule has 2 aromatic rings. The second-order valence-electron chi connectivity index (χ2n) is 6.31. The predicted molar refractivity (Wildman–Crippen MR) is 89.4 cm³/mol. The maximum absolute atomic E-state index is 11.9. The fourth-order valence-corrected chi connectivity index (χ4v) is 1.99. The zero-order valence-corrected chi connectivity index (χ0v) is 13.7. The lowest BCUT2D eigenvalue weighted by Crippen LogP contribution is -2.20. The van der Waals surface area contributed by atoms with Crippen LogP contribution < -0.4 is 10.1 Å². The van der Waals surface area contributed by atoms with Gasteiger partial charge in [-0.2, -0.15) is 0 Å². The molecule has 1 heterocycles. The Morgan fingerprint density at radius 1 is 1.17 bits per heavy atom. The second-order valence-corrected chi connectivity index (χ2v) is 6.31. The van der Waals surface area contributed by atoms with Crippen molar-refractivity contribution in [2.75, 3.05) is 11.9 Å². The van der Waals surface area contributed by atoms with Crippen molar-refractivity contribution in [3.8, 4) is 5.75 Å². The van der Waals surface area contributed by atoms with Crippen LogP contribution in [-0.2, 0) is 16.8 Å². The minimum absolute atomic E-state index is 0.0827. The molecule has 5 heteroatoms. The number of amides is 1. The van der Waals surface area contributed by atoms with Gasteiger partial charge in [-0.05, 0) is 35.2 Å². The third-order valence-electron chi connectivity index (χ3n) is 3.36. The molecule has 1 aromatic heterocycles. The van der Waals surface area contributed by atoms with Gasteiger partial charge in [0.25, 0.3) is 5.91 Å². The number of carbonyl (C=O) groups excluding carboxylic acids is 1. The third kappa shape index (κ3) is 5.07. The van der Waals surface area contributed by atoms with Crippen LogP contribution in [-0.4, -0.2) is 22.6 Å². The molecule has 0 aliphatic carbocycles. The summed E-state index contributed by atoms with van der Waals surface area (Å²) in [6, 6.07) is 11.1. The van der Waals surface area contributed by atoms with Gasteiger partial charge < -0.3 is 15.2 Å². The third-order valence-corrected chi connectivity index (χ3v) is 3.36. The summed E-state index contributed by atoms with van der Waals surface area (Å²) >= 11 is 0. The molecule has 0 radical (unpaired) electrons. The molecule has 23 heavy (non-hydrogen) atoms. The van der Waals surface area contributed by atoms with Gasteiger partial charge in [0.15, 0.2) is 6.61 Å². The first-order valence-corrected chi connectivity index (χ1v) is 7.47. The van der Waals surface area contributed by atoms with Gasteiger partial charge in [0.1, 0.15) is 5.75 Å². The summed E-state index contributed by atoms with van der Waals surface area (Å²) in [7, 11) is 0. The number of pyridine rings is 1. The SMILES string of the molecule is CC(C)(C)c1ccc(NC(=O)COc2ccc(CO)nc2)cc1. The number of rotatable bonds is 5.